The molecule has 1 heteroatoms. The van der Waals surface area contributed by atoms with Gasteiger partial charge in [0.2, 0.25) is 0 Å². The highest BCUT2D eigenvalue weighted by Crippen LogP contribution is 2.00. The summed E-state index contributed by atoms with van der Waals surface area (Å²) in [6.45, 7) is 4.08. The summed E-state index contributed by atoms with van der Waals surface area (Å²) >= 11 is 0. The molecular weight excluding hydrogens is 158 g/mol. The first-order valence-electron chi connectivity index (χ1n) is 4.72. The summed E-state index contributed by atoms with van der Waals surface area (Å²) in [5.74, 6) is 0. The quantitative estimate of drug-likeness (QED) is 0.738. The van der Waals surface area contributed by atoms with Crippen molar-refractivity contribution in [2.45, 2.75) is 26.7 Å². The van der Waals surface area contributed by atoms with E-state index < -0.39 is 0 Å². The minimum Gasteiger partial charge on any atom is -0.405 e. The van der Waals surface area contributed by atoms with Gasteiger partial charge in [-0.25, -0.2) is 0 Å². The minimum absolute atomic E-state index is 1.21. The molecule has 0 amide bonds. The van der Waals surface area contributed by atoms with Crippen LogP contribution in [0.2, 0.25) is 0 Å². The molecule has 1 aromatic carbocycles. The molecule has 0 unspecified atom stereocenters. The van der Waals surface area contributed by atoms with Crippen LogP contribution in [0.15, 0.2) is 42.6 Å². The molecule has 0 aliphatic rings. The molecule has 0 atom stereocenters. The maximum absolute atomic E-state index is 4.85. The zero-order valence-electron chi connectivity index (χ0n) is 8.53. The molecule has 13 heavy (non-hydrogen) atoms. The predicted octanol–water partition coefficient (Wildman–Crippen LogP) is 3.12. The van der Waals surface area contributed by atoms with Crippen LogP contribution in [0.4, 0.5) is 0 Å². The van der Waals surface area contributed by atoms with Crippen LogP contribution in [0.1, 0.15) is 25.8 Å². The normalized spacial score (nSPS) is 9.38. The fourth-order valence-electron chi connectivity index (χ4n) is 0.933. The van der Waals surface area contributed by atoms with Gasteiger partial charge in [0, 0.05) is 0 Å². The number of allylic oxidation sites excluding steroid dienone is 1. The van der Waals surface area contributed by atoms with Gasteiger partial charge in [0.25, 0.3) is 0 Å². The Morgan fingerprint density at radius 2 is 1.77 bits per heavy atom. The molecule has 1 aromatic rings. The zero-order chi connectivity index (χ0) is 9.94. The smallest absolute Gasteiger partial charge is 0.0106 e. The van der Waals surface area contributed by atoms with Gasteiger partial charge < -0.3 is 5.73 Å². The molecule has 0 aromatic heterocycles. The van der Waals surface area contributed by atoms with Crippen LogP contribution >= 0.6 is 0 Å². The van der Waals surface area contributed by atoms with Crippen LogP contribution in [0.3, 0.4) is 0 Å². The number of nitrogens with two attached hydrogens (primary N) is 1. The number of hydrogen-bond acceptors (Lipinski definition) is 1. The summed E-state index contributed by atoms with van der Waals surface area (Å²) in [6, 6.07) is 10.6. The summed E-state index contributed by atoms with van der Waals surface area (Å²) in [4.78, 5) is 0. The summed E-state index contributed by atoms with van der Waals surface area (Å²) < 4.78 is 0. The summed E-state index contributed by atoms with van der Waals surface area (Å²) in [5, 5.41) is 0. The molecular formula is C12H19N. The van der Waals surface area contributed by atoms with E-state index >= 15 is 0 Å². The van der Waals surface area contributed by atoms with Gasteiger partial charge in [-0.3, -0.25) is 0 Å². The van der Waals surface area contributed by atoms with Gasteiger partial charge >= 0.3 is 0 Å². The van der Waals surface area contributed by atoms with Gasteiger partial charge in [-0.15, -0.1) is 0 Å². The molecule has 0 aliphatic heterocycles. The lowest BCUT2D eigenvalue weighted by Gasteiger charge is -1.93. The van der Waals surface area contributed by atoms with Gasteiger partial charge in [0.15, 0.2) is 0 Å². The van der Waals surface area contributed by atoms with Gasteiger partial charge in [-0.05, 0) is 25.1 Å². The average Bonchev–Trinajstić information content (AvgIpc) is 2.20. The average molecular weight is 177 g/mol. The second-order valence-corrected chi connectivity index (χ2v) is 2.76. The van der Waals surface area contributed by atoms with E-state index in [4.69, 9.17) is 5.73 Å². The van der Waals surface area contributed by atoms with E-state index in [1.807, 2.05) is 6.92 Å². The third-order valence-corrected chi connectivity index (χ3v) is 1.57. The lowest BCUT2D eigenvalue weighted by Crippen LogP contribution is -1.78. The van der Waals surface area contributed by atoms with Crippen LogP contribution in [-0.4, -0.2) is 0 Å². The molecule has 0 saturated heterocycles. The van der Waals surface area contributed by atoms with Crippen molar-refractivity contribution >= 4 is 0 Å². The number of benzene rings is 1. The van der Waals surface area contributed by atoms with Gasteiger partial charge in [0.05, 0.1) is 0 Å². The molecule has 72 valence electrons. The van der Waals surface area contributed by atoms with E-state index in [-0.39, 0.29) is 0 Å². The van der Waals surface area contributed by atoms with Crippen molar-refractivity contribution in [3.05, 3.63) is 48.2 Å². The first kappa shape index (κ1) is 11.8. The highest BCUT2D eigenvalue weighted by atomic mass is 14.5. The van der Waals surface area contributed by atoms with Crippen LogP contribution < -0.4 is 5.73 Å². The summed E-state index contributed by atoms with van der Waals surface area (Å²) in [5.41, 5.74) is 6.29. The third-order valence-electron chi connectivity index (χ3n) is 1.57. The molecule has 0 spiro atoms. The van der Waals surface area contributed by atoms with Crippen molar-refractivity contribution in [3.8, 4) is 0 Å². The third kappa shape index (κ3) is 7.13. The Balaban J connectivity index is 0.000000310. The Morgan fingerprint density at radius 1 is 1.23 bits per heavy atom. The summed E-state index contributed by atoms with van der Waals surface area (Å²) in [6.07, 6.45) is 5.73. The van der Waals surface area contributed by atoms with E-state index in [0.717, 1.165) is 0 Å². The van der Waals surface area contributed by atoms with Crippen molar-refractivity contribution < 1.29 is 0 Å². The lowest BCUT2D eigenvalue weighted by molar-refractivity contribution is 0.922. The first-order chi connectivity index (χ1) is 6.35. The Labute approximate surface area is 81.3 Å². The fraction of sp³-hybridized carbons (Fsp3) is 0.333. The van der Waals surface area contributed by atoms with Crippen molar-refractivity contribution in [1.29, 1.82) is 0 Å². The zero-order valence-corrected chi connectivity index (χ0v) is 8.53. The van der Waals surface area contributed by atoms with E-state index in [0.29, 0.717) is 0 Å². The van der Waals surface area contributed by atoms with Crippen molar-refractivity contribution in [2.24, 2.45) is 5.73 Å². The number of aryl methyl sites for hydroxylation is 1. The molecule has 0 saturated carbocycles. The Bertz CT molecular complexity index is 210. The first-order valence-corrected chi connectivity index (χ1v) is 4.72. The Morgan fingerprint density at radius 3 is 2.15 bits per heavy atom. The van der Waals surface area contributed by atoms with Crippen LogP contribution in [-0.2, 0) is 6.42 Å². The highest BCUT2D eigenvalue weighted by Gasteiger charge is 1.84. The second-order valence-electron chi connectivity index (χ2n) is 2.76. The van der Waals surface area contributed by atoms with Crippen LogP contribution in [0.25, 0.3) is 0 Å². The topological polar surface area (TPSA) is 26.0 Å². The van der Waals surface area contributed by atoms with Crippen LogP contribution in [0, 0.1) is 0 Å². The van der Waals surface area contributed by atoms with E-state index in [1.165, 1.54) is 24.6 Å². The lowest BCUT2D eigenvalue weighted by atomic mass is 10.1. The Hall–Kier alpha value is -1.24. The number of rotatable bonds is 2. The Kier molecular flexibility index (Phi) is 8.01. The maximum Gasteiger partial charge on any atom is -0.0106 e. The molecule has 0 radical (unpaired) electrons. The van der Waals surface area contributed by atoms with E-state index in [1.54, 1.807) is 6.08 Å². The van der Waals surface area contributed by atoms with Crippen LogP contribution in [0.5, 0.6) is 0 Å². The van der Waals surface area contributed by atoms with E-state index in [9.17, 15) is 0 Å². The molecule has 0 fully saturated rings. The van der Waals surface area contributed by atoms with Gasteiger partial charge in [-0.2, -0.15) is 0 Å². The molecule has 1 rings (SSSR count). The summed E-state index contributed by atoms with van der Waals surface area (Å²) in [7, 11) is 0. The van der Waals surface area contributed by atoms with E-state index in [2.05, 4.69) is 37.3 Å². The molecule has 0 aliphatic carbocycles. The van der Waals surface area contributed by atoms with Crippen molar-refractivity contribution in [2.75, 3.05) is 0 Å². The van der Waals surface area contributed by atoms with Crippen molar-refractivity contribution in [1.82, 2.24) is 0 Å². The standard InChI is InChI=1S/C9H12.C3H7N/c1-2-6-9-7-4-3-5-8-9;1-2-3-4/h3-5,7-8H,2,6H2,1H3;2-3H,4H2,1H3. The second kappa shape index (κ2) is 8.85. The van der Waals surface area contributed by atoms with Crippen molar-refractivity contribution in [3.63, 3.8) is 0 Å². The molecule has 2 N–H and O–H groups in total. The minimum atomic E-state index is 1.21. The largest absolute Gasteiger partial charge is 0.405 e. The van der Waals surface area contributed by atoms with Gasteiger partial charge in [-0.1, -0.05) is 49.8 Å². The number of hydrogen-bond donors (Lipinski definition) is 1. The molecule has 0 bridgehead atoms. The predicted molar refractivity (Wildman–Crippen MR) is 59.4 cm³/mol. The SMILES string of the molecule is CC=CN.CCCc1ccccc1. The maximum atomic E-state index is 4.85. The molecule has 0 heterocycles. The highest BCUT2D eigenvalue weighted by molar-refractivity contribution is 5.14. The monoisotopic (exact) mass is 177 g/mol. The van der Waals surface area contributed by atoms with Gasteiger partial charge in [0.1, 0.15) is 0 Å². The fourth-order valence-corrected chi connectivity index (χ4v) is 0.933. The molecule has 1 nitrogen and oxygen atoms in total.